The van der Waals surface area contributed by atoms with Crippen LogP contribution in [0, 0.1) is 6.92 Å². The Balaban J connectivity index is 2.24. The highest BCUT2D eigenvalue weighted by Gasteiger charge is 2.34. The van der Waals surface area contributed by atoms with Gasteiger partial charge in [0, 0.05) is 5.46 Å². The van der Waals surface area contributed by atoms with Gasteiger partial charge in [-0.25, -0.2) is 0 Å². The minimum atomic E-state index is -0.945. The smallest absolute Gasteiger partial charge is 0.494 e. The average Bonchev–Trinajstić information content (AvgIpc) is 2.26. The fourth-order valence-electron chi connectivity index (χ4n) is 1.81. The minimum Gasteiger partial charge on any atom is -0.494 e. The molecule has 6 heteroatoms. The van der Waals surface area contributed by atoms with Gasteiger partial charge in [0.25, 0.3) is 0 Å². The zero-order valence-corrected chi connectivity index (χ0v) is 10.4. The molecular formula is C12H14BNO4. The van der Waals surface area contributed by atoms with Crippen LogP contribution >= 0.6 is 0 Å². The number of hydrogen-bond donors (Lipinski definition) is 0. The van der Waals surface area contributed by atoms with Gasteiger partial charge in [0.1, 0.15) is 0 Å². The fraction of sp³-hybridized carbons (Fsp3) is 0.333. The first kappa shape index (κ1) is 12.6. The van der Waals surface area contributed by atoms with E-state index in [2.05, 4.69) is 0 Å². The molecule has 2 rings (SSSR count). The summed E-state index contributed by atoms with van der Waals surface area (Å²) in [5, 5.41) is 0. The molecule has 0 bridgehead atoms. The Bertz CT molecular complexity index is 457. The van der Waals surface area contributed by atoms with Crippen LogP contribution in [0.3, 0.4) is 0 Å². The zero-order chi connectivity index (χ0) is 13.1. The number of rotatable bonds is 1. The summed E-state index contributed by atoms with van der Waals surface area (Å²) in [6.45, 7) is 2.04. The predicted octanol–water partition coefficient (Wildman–Crippen LogP) is -0.278. The van der Waals surface area contributed by atoms with Gasteiger partial charge < -0.3 is 9.31 Å². The van der Waals surface area contributed by atoms with Crippen LogP contribution in [0.4, 0.5) is 0 Å². The summed E-state index contributed by atoms with van der Waals surface area (Å²) in [7, 11) is 0.719. The maximum Gasteiger partial charge on any atom is 0.636 e. The molecule has 18 heavy (non-hydrogen) atoms. The van der Waals surface area contributed by atoms with Gasteiger partial charge in [-0.05, 0) is 19.5 Å². The quantitative estimate of drug-likeness (QED) is 0.639. The van der Waals surface area contributed by atoms with E-state index in [1.807, 2.05) is 25.1 Å². The SMILES string of the molecule is Cc1ccccc1B1OC(=O)CN(C)CC(=O)O1. The van der Waals surface area contributed by atoms with Crippen LogP contribution in [0.2, 0.25) is 0 Å². The van der Waals surface area contributed by atoms with Gasteiger partial charge in [-0.3, -0.25) is 14.5 Å². The van der Waals surface area contributed by atoms with Crippen LogP contribution < -0.4 is 5.46 Å². The van der Waals surface area contributed by atoms with Crippen molar-refractivity contribution >= 4 is 24.5 Å². The van der Waals surface area contributed by atoms with Gasteiger partial charge in [-0.1, -0.05) is 24.3 Å². The lowest BCUT2D eigenvalue weighted by Gasteiger charge is -2.23. The highest BCUT2D eigenvalue weighted by Crippen LogP contribution is 2.03. The first-order valence-electron chi connectivity index (χ1n) is 5.69. The average molecular weight is 247 g/mol. The molecule has 0 radical (unpaired) electrons. The molecule has 1 aliphatic heterocycles. The van der Waals surface area contributed by atoms with Crippen LogP contribution in [0.5, 0.6) is 0 Å². The molecule has 0 aromatic heterocycles. The number of carbonyl (C=O) groups excluding carboxylic acids is 2. The van der Waals surface area contributed by atoms with E-state index in [0.29, 0.717) is 5.46 Å². The third-order valence-corrected chi connectivity index (χ3v) is 2.72. The van der Waals surface area contributed by atoms with Crippen molar-refractivity contribution in [3.8, 4) is 0 Å². The van der Waals surface area contributed by atoms with Crippen LogP contribution in [-0.4, -0.2) is 44.1 Å². The summed E-state index contributed by atoms with van der Waals surface area (Å²) in [6, 6.07) is 7.35. The van der Waals surface area contributed by atoms with Gasteiger partial charge >= 0.3 is 19.1 Å². The summed E-state index contributed by atoms with van der Waals surface area (Å²) in [6.07, 6.45) is 0. The Morgan fingerprint density at radius 3 is 2.22 bits per heavy atom. The molecular weight excluding hydrogens is 233 g/mol. The van der Waals surface area contributed by atoms with Gasteiger partial charge in [0.2, 0.25) is 0 Å². The van der Waals surface area contributed by atoms with E-state index in [4.69, 9.17) is 9.31 Å². The maximum atomic E-state index is 11.6. The van der Waals surface area contributed by atoms with Crippen LogP contribution in [0.15, 0.2) is 24.3 Å². The lowest BCUT2D eigenvalue weighted by atomic mass is 9.76. The van der Waals surface area contributed by atoms with Gasteiger partial charge in [0.05, 0.1) is 13.1 Å². The molecule has 5 nitrogen and oxygen atoms in total. The van der Waals surface area contributed by atoms with Crippen LogP contribution in [-0.2, 0) is 18.9 Å². The molecule has 1 aliphatic rings. The molecule has 0 saturated carbocycles. The molecule has 0 atom stereocenters. The molecule has 0 N–H and O–H groups in total. The molecule has 1 heterocycles. The monoisotopic (exact) mass is 247 g/mol. The number of aryl methyl sites for hydroxylation is 1. The standard InChI is InChI=1S/C12H14BNO4/c1-9-5-3-4-6-10(9)13-17-11(15)7-14(2)8-12(16)18-13/h3-6H,7-8H2,1-2H3. The molecule has 0 aliphatic carbocycles. The van der Waals surface area contributed by atoms with Crippen molar-refractivity contribution in [1.29, 1.82) is 0 Å². The van der Waals surface area contributed by atoms with E-state index in [0.717, 1.165) is 5.56 Å². The van der Waals surface area contributed by atoms with Gasteiger partial charge in [0.15, 0.2) is 0 Å². The second-order valence-corrected chi connectivity index (χ2v) is 4.34. The van der Waals surface area contributed by atoms with Crippen molar-refractivity contribution in [3.63, 3.8) is 0 Å². The zero-order valence-electron chi connectivity index (χ0n) is 10.4. The van der Waals surface area contributed by atoms with Gasteiger partial charge in [-0.2, -0.15) is 0 Å². The molecule has 1 aromatic rings. The summed E-state index contributed by atoms with van der Waals surface area (Å²) >= 11 is 0. The van der Waals surface area contributed by atoms with E-state index in [-0.39, 0.29) is 13.1 Å². The Morgan fingerprint density at radius 1 is 1.11 bits per heavy atom. The normalized spacial score (nSPS) is 17.8. The second kappa shape index (κ2) is 5.22. The lowest BCUT2D eigenvalue weighted by molar-refractivity contribution is -0.145. The first-order valence-corrected chi connectivity index (χ1v) is 5.69. The largest absolute Gasteiger partial charge is 0.636 e. The third kappa shape index (κ3) is 2.90. The predicted molar refractivity (Wildman–Crippen MR) is 66.2 cm³/mol. The second-order valence-electron chi connectivity index (χ2n) is 4.34. The van der Waals surface area contributed by atoms with E-state index in [1.54, 1.807) is 18.0 Å². The summed E-state index contributed by atoms with van der Waals surface area (Å²) in [5.41, 5.74) is 1.61. The molecule has 0 amide bonds. The van der Waals surface area contributed by atoms with Crippen molar-refractivity contribution in [3.05, 3.63) is 29.8 Å². The topological polar surface area (TPSA) is 55.8 Å². The number of carbonyl (C=O) groups is 2. The molecule has 1 saturated heterocycles. The van der Waals surface area contributed by atoms with Crippen molar-refractivity contribution < 1.29 is 18.9 Å². The van der Waals surface area contributed by atoms with E-state index in [9.17, 15) is 9.59 Å². The summed E-state index contributed by atoms with van der Waals surface area (Å²) in [4.78, 5) is 24.7. The third-order valence-electron chi connectivity index (χ3n) is 2.72. The molecule has 0 spiro atoms. The van der Waals surface area contributed by atoms with Crippen molar-refractivity contribution in [2.45, 2.75) is 6.92 Å². The first-order chi connectivity index (χ1) is 8.56. The summed E-state index contributed by atoms with van der Waals surface area (Å²) in [5.74, 6) is -0.809. The fourth-order valence-corrected chi connectivity index (χ4v) is 1.81. The van der Waals surface area contributed by atoms with E-state index < -0.39 is 19.1 Å². The lowest BCUT2D eigenvalue weighted by Crippen LogP contribution is -2.48. The maximum absolute atomic E-state index is 11.6. The van der Waals surface area contributed by atoms with Crippen molar-refractivity contribution in [2.24, 2.45) is 0 Å². The Labute approximate surface area is 106 Å². The number of benzene rings is 1. The van der Waals surface area contributed by atoms with Crippen molar-refractivity contribution in [2.75, 3.05) is 20.1 Å². The Morgan fingerprint density at radius 2 is 1.67 bits per heavy atom. The Kier molecular flexibility index (Phi) is 3.67. The van der Waals surface area contributed by atoms with Crippen LogP contribution in [0.1, 0.15) is 5.56 Å². The van der Waals surface area contributed by atoms with Crippen molar-refractivity contribution in [1.82, 2.24) is 4.90 Å². The van der Waals surface area contributed by atoms with Gasteiger partial charge in [-0.15, -0.1) is 0 Å². The molecule has 1 aromatic carbocycles. The minimum absolute atomic E-state index is 0.0808. The Hall–Kier alpha value is -1.82. The van der Waals surface area contributed by atoms with Crippen LogP contribution in [0.25, 0.3) is 0 Å². The number of likely N-dealkylation sites (N-methyl/N-ethyl adjacent to an activating group) is 1. The molecule has 0 unspecified atom stereocenters. The molecule has 94 valence electrons. The molecule has 1 fully saturated rings. The number of nitrogens with zero attached hydrogens (tertiary/aromatic N) is 1. The highest BCUT2D eigenvalue weighted by atomic mass is 16.6. The van der Waals surface area contributed by atoms with E-state index in [1.165, 1.54) is 0 Å². The summed E-state index contributed by atoms with van der Waals surface area (Å²) < 4.78 is 10.4. The number of hydrogen-bond acceptors (Lipinski definition) is 5. The highest BCUT2D eigenvalue weighted by molar-refractivity contribution is 6.65. The van der Waals surface area contributed by atoms with E-state index >= 15 is 0 Å².